The monoisotopic (exact) mass is 271 g/mol. The summed E-state index contributed by atoms with van der Waals surface area (Å²) in [6, 6.07) is 0. The predicted molar refractivity (Wildman–Crippen MR) is 68.3 cm³/mol. The van der Waals surface area contributed by atoms with Crippen molar-refractivity contribution in [3.8, 4) is 0 Å². The van der Waals surface area contributed by atoms with E-state index in [-0.39, 0.29) is 23.5 Å². The molecule has 6 heteroatoms. The summed E-state index contributed by atoms with van der Waals surface area (Å²) in [7, 11) is 0. The molecule has 1 aliphatic heterocycles. The highest BCUT2D eigenvalue weighted by Gasteiger charge is 2.20. The van der Waals surface area contributed by atoms with E-state index in [4.69, 9.17) is 14.6 Å². The fraction of sp³-hybridized carbons (Fsp3) is 0.692. The summed E-state index contributed by atoms with van der Waals surface area (Å²) in [5, 5.41) is 11.4. The van der Waals surface area contributed by atoms with E-state index in [1.165, 1.54) is 6.26 Å². The Morgan fingerprint density at radius 2 is 2.11 bits per heavy atom. The fourth-order valence-corrected chi connectivity index (χ4v) is 1.66. The van der Waals surface area contributed by atoms with Gasteiger partial charge in [0.1, 0.15) is 19.5 Å². The zero-order valence-corrected chi connectivity index (χ0v) is 11.4. The topological polar surface area (TPSA) is 84.9 Å². The van der Waals surface area contributed by atoms with Gasteiger partial charge in [-0.25, -0.2) is 0 Å². The number of carboxylic acids is 1. The second kappa shape index (κ2) is 7.01. The molecule has 1 rings (SSSR count). The van der Waals surface area contributed by atoms with Crippen molar-refractivity contribution in [2.45, 2.75) is 33.1 Å². The molecular formula is C13H21NO5. The van der Waals surface area contributed by atoms with E-state index < -0.39 is 5.97 Å². The number of carbonyl (C=O) groups excluding carboxylic acids is 1. The summed E-state index contributed by atoms with van der Waals surface area (Å²) >= 11 is 0. The van der Waals surface area contributed by atoms with Crippen LogP contribution < -0.4 is 5.32 Å². The molecule has 6 nitrogen and oxygen atoms in total. The Labute approximate surface area is 112 Å². The van der Waals surface area contributed by atoms with Crippen molar-refractivity contribution in [3.63, 3.8) is 0 Å². The van der Waals surface area contributed by atoms with Crippen LogP contribution in [0.15, 0.2) is 12.0 Å². The van der Waals surface area contributed by atoms with Crippen LogP contribution in [0.25, 0.3) is 0 Å². The van der Waals surface area contributed by atoms with Gasteiger partial charge in [0, 0.05) is 13.0 Å². The molecule has 0 fully saturated rings. The van der Waals surface area contributed by atoms with Crippen LogP contribution >= 0.6 is 0 Å². The van der Waals surface area contributed by atoms with Gasteiger partial charge in [0.25, 0.3) is 5.91 Å². The summed E-state index contributed by atoms with van der Waals surface area (Å²) < 4.78 is 10.1. The zero-order chi connectivity index (χ0) is 14.3. The first-order valence-electron chi connectivity index (χ1n) is 6.35. The molecule has 0 aromatic heterocycles. The Kier molecular flexibility index (Phi) is 5.66. The standard InChI is InChI=1S/C13H21NO5/c1-13(2,4-3-11(15)16)5-6-14-12(17)10-9-18-7-8-19-10/h9H,3-8H2,1-2H3,(H,14,17)(H,15,16). The van der Waals surface area contributed by atoms with E-state index in [1.54, 1.807) is 0 Å². The van der Waals surface area contributed by atoms with Crippen molar-refractivity contribution in [1.82, 2.24) is 5.32 Å². The highest BCUT2D eigenvalue weighted by atomic mass is 16.6. The normalized spacial score (nSPS) is 14.9. The van der Waals surface area contributed by atoms with Gasteiger partial charge in [-0.2, -0.15) is 0 Å². The molecule has 1 amide bonds. The Morgan fingerprint density at radius 1 is 1.37 bits per heavy atom. The van der Waals surface area contributed by atoms with Crippen molar-refractivity contribution in [2.75, 3.05) is 19.8 Å². The van der Waals surface area contributed by atoms with E-state index >= 15 is 0 Å². The van der Waals surface area contributed by atoms with Crippen molar-refractivity contribution in [3.05, 3.63) is 12.0 Å². The molecule has 0 atom stereocenters. The van der Waals surface area contributed by atoms with Crippen molar-refractivity contribution < 1.29 is 24.2 Å². The molecule has 0 spiro atoms. The van der Waals surface area contributed by atoms with Crippen LogP contribution in [0.2, 0.25) is 0 Å². The molecule has 1 heterocycles. The predicted octanol–water partition coefficient (Wildman–Crippen LogP) is 1.27. The second-order valence-corrected chi connectivity index (χ2v) is 5.27. The van der Waals surface area contributed by atoms with E-state index in [0.29, 0.717) is 32.6 Å². The molecule has 2 N–H and O–H groups in total. The average Bonchev–Trinajstić information content (AvgIpc) is 2.37. The molecule has 0 aliphatic carbocycles. The molecule has 19 heavy (non-hydrogen) atoms. The minimum Gasteiger partial charge on any atom is -0.494 e. The van der Waals surface area contributed by atoms with Gasteiger partial charge in [0.15, 0.2) is 0 Å². The first kappa shape index (κ1) is 15.3. The Bertz CT molecular complexity index is 362. The number of carboxylic acid groups (broad SMARTS) is 1. The van der Waals surface area contributed by atoms with E-state index in [2.05, 4.69) is 5.32 Å². The third-order valence-corrected chi connectivity index (χ3v) is 2.98. The van der Waals surface area contributed by atoms with E-state index in [9.17, 15) is 9.59 Å². The number of rotatable bonds is 7. The molecule has 0 saturated carbocycles. The third kappa shape index (κ3) is 6.13. The Morgan fingerprint density at radius 3 is 2.68 bits per heavy atom. The maximum Gasteiger partial charge on any atom is 0.303 e. The van der Waals surface area contributed by atoms with Crippen molar-refractivity contribution >= 4 is 11.9 Å². The van der Waals surface area contributed by atoms with Gasteiger partial charge in [0.05, 0.1) is 0 Å². The molecular weight excluding hydrogens is 250 g/mol. The second-order valence-electron chi connectivity index (χ2n) is 5.27. The number of hydrogen-bond acceptors (Lipinski definition) is 4. The Balaban J connectivity index is 2.26. The minimum atomic E-state index is -0.796. The molecule has 0 saturated heterocycles. The number of amides is 1. The summed E-state index contributed by atoms with van der Waals surface area (Å²) in [6.45, 7) is 5.29. The largest absolute Gasteiger partial charge is 0.494 e. The molecule has 0 aromatic rings. The van der Waals surface area contributed by atoms with Gasteiger partial charge in [-0.1, -0.05) is 13.8 Å². The summed E-state index contributed by atoms with van der Waals surface area (Å²) in [6.07, 6.45) is 2.75. The molecule has 0 unspecified atom stereocenters. The number of carbonyl (C=O) groups is 2. The lowest BCUT2D eigenvalue weighted by Gasteiger charge is -2.24. The minimum absolute atomic E-state index is 0.121. The summed E-state index contributed by atoms with van der Waals surface area (Å²) in [5.41, 5.74) is -0.121. The maximum atomic E-state index is 11.7. The lowest BCUT2D eigenvalue weighted by Crippen LogP contribution is -2.31. The van der Waals surface area contributed by atoms with E-state index in [0.717, 1.165) is 0 Å². The van der Waals surface area contributed by atoms with Crippen molar-refractivity contribution in [2.24, 2.45) is 5.41 Å². The van der Waals surface area contributed by atoms with Gasteiger partial charge < -0.3 is 19.9 Å². The highest BCUT2D eigenvalue weighted by molar-refractivity contribution is 5.91. The van der Waals surface area contributed by atoms with Crippen LogP contribution in [-0.2, 0) is 19.1 Å². The van der Waals surface area contributed by atoms with Crippen LogP contribution in [0.5, 0.6) is 0 Å². The van der Waals surface area contributed by atoms with Gasteiger partial charge in [-0.05, 0) is 18.3 Å². The third-order valence-electron chi connectivity index (χ3n) is 2.98. The van der Waals surface area contributed by atoms with Gasteiger partial charge in [-0.3, -0.25) is 9.59 Å². The number of hydrogen-bond donors (Lipinski definition) is 2. The van der Waals surface area contributed by atoms with Crippen LogP contribution in [0.3, 0.4) is 0 Å². The number of nitrogens with one attached hydrogen (secondary N) is 1. The zero-order valence-electron chi connectivity index (χ0n) is 11.4. The van der Waals surface area contributed by atoms with Crippen LogP contribution in [0, 0.1) is 5.41 Å². The van der Waals surface area contributed by atoms with Gasteiger partial charge in [-0.15, -0.1) is 0 Å². The average molecular weight is 271 g/mol. The first-order valence-corrected chi connectivity index (χ1v) is 6.35. The van der Waals surface area contributed by atoms with Crippen LogP contribution in [-0.4, -0.2) is 36.7 Å². The van der Waals surface area contributed by atoms with Crippen molar-refractivity contribution in [1.29, 1.82) is 0 Å². The van der Waals surface area contributed by atoms with Crippen LogP contribution in [0.4, 0.5) is 0 Å². The fourth-order valence-electron chi connectivity index (χ4n) is 1.66. The molecule has 0 radical (unpaired) electrons. The Hall–Kier alpha value is -1.72. The van der Waals surface area contributed by atoms with Crippen LogP contribution in [0.1, 0.15) is 33.1 Å². The van der Waals surface area contributed by atoms with Gasteiger partial charge >= 0.3 is 5.97 Å². The summed E-state index contributed by atoms with van der Waals surface area (Å²) in [5.74, 6) is -0.904. The SMILES string of the molecule is CC(C)(CCNC(=O)C1=COCCO1)CCC(=O)O. The maximum absolute atomic E-state index is 11.7. The lowest BCUT2D eigenvalue weighted by molar-refractivity contribution is -0.137. The smallest absolute Gasteiger partial charge is 0.303 e. The first-order chi connectivity index (χ1) is 8.91. The number of ether oxygens (including phenoxy) is 2. The lowest BCUT2D eigenvalue weighted by atomic mass is 9.84. The molecule has 0 aromatic carbocycles. The highest BCUT2D eigenvalue weighted by Crippen LogP contribution is 2.26. The molecule has 1 aliphatic rings. The molecule has 0 bridgehead atoms. The summed E-state index contributed by atoms with van der Waals surface area (Å²) in [4.78, 5) is 22.2. The molecule has 108 valence electrons. The quantitative estimate of drug-likeness (QED) is 0.728. The number of aliphatic carboxylic acids is 1. The van der Waals surface area contributed by atoms with Gasteiger partial charge in [0.2, 0.25) is 5.76 Å². The van der Waals surface area contributed by atoms with E-state index in [1.807, 2.05) is 13.8 Å².